The van der Waals surface area contributed by atoms with E-state index in [0.29, 0.717) is 23.6 Å². The van der Waals surface area contributed by atoms with Gasteiger partial charge >= 0.3 is 6.18 Å². The first-order valence-corrected chi connectivity index (χ1v) is 10.0. The Morgan fingerprint density at radius 3 is 2.13 bits per heavy atom. The van der Waals surface area contributed by atoms with Crippen molar-refractivity contribution in [2.24, 2.45) is 5.16 Å². The van der Waals surface area contributed by atoms with Gasteiger partial charge in [-0.05, 0) is 54.8 Å². The van der Waals surface area contributed by atoms with Gasteiger partial charge < -0.3 is 10.6 Å². The van der Waals surface area contributed by atoms with E-state index >= 15 is 0 Å². The molecule has 3 nitrogen and oxygen atoms in total. The Hall–Kier alpha value is -3.28. The zero-order valence-corrected chi connectivity index (χ0v) is 18.1. The second kappa shape index (κ2) is 10.7. The second-order valence-electron chi connectivity index (χ2n) is 6.82. The summed E-state index contributed by atoms with van der Waals surface area (Å²) in [7, 11) is 0. The lowest BCUT2D eigenvalue weighted by Gasteiger charge is -2.12. The number of halogens is 3. The summed E-state index contributed by atoms with van der Waals surface area (Å²) in [6.07, 6.45) is -4.36. The fourth-order valence-electron chi connectivity index (χ4n) is 2.92. The van der Waals surface area contributed by atoms with Gasteiger partial charge in [0.1, 0.15) is 6.61 Å². The maximum atomic E-state index is 12.9. The van der Waals surface area contributed by atoms with Gasteiger partial charge in [-0.1, -0.05) is 67.0 Å². The molecule has 0 aliphatic heterocycles. The molecule has 2 N–H and O–H groups in total. The SMILES string of the molecule is C/C(=N\OCc1ccc(N)cc1)c1ccc(C)cc1-c1ccc(C(F)(F)F)cc1.CC. The molecular formula is C25H27F3N2O. The van der Waals surface area contributed by atoms with E-state index in [1.165, 1.54) is 12.1 Å². The Balaban J connectivity index is 0.00000166. The van der Waals surface area contributed by atoms with Gasteiger partial charge in [-0.25, -0.2) is 0 Å². The van der Waals surface area contributed by atoms with Gasteiger partial charge in [-0.15, -0.1) is 0 Å². The molecule has 0 spiro atoms. The van der Waals surface area contributed by atoms with Crippen molar-refractivity contribution >= 4 is 11.4 Å². The van der Waals surface area contributed by atoms with E-state index in [9.17, 15) is 13.2 Å². The van der Waals surface area contributed by atoms with E-state index < -0.39 is 11.7 Å². The van der Waals surface area contributed by atoms with Gasteiger partial charge in [-0.3, -0.25) is 0 Å². The lowest BCUT2D eigenvalue weighted by Crippen LogP contribution is -2.04. The summed E-state index contributed by atoms with van der Waals surface area (Å²) in [5.74, 6) is 0. The van der Waals surface area contributed by atoms with Gasteiger partial charge in [0.2, 0.25) is 0 Å². The molecule has 0 amide bonds. The van der Waals surface area contributed by atoms with E-state index in [4.69, 9.17) is 10.6 Å². The van der Waals surface area contributed by atoms with E-state index in [-0.39, 0.29) is 0 Å². The van der Waals surface area contributed by atoms with Crippen LogP contribution in [0.3, 0.4) is 0 Å². The minimum Gasteiger partial charge on any atom is -0.399 e. The summed E-state index contributed by atoms with van der Waals surface area (Å²) < 4.78 is 38.6. The minimum absolute atomic E-state index is 0.291. The summed E-state index contributed by atoms with van der Waals surface area (Å²) in [6.45, 7) is 8.03. The quantitative estimate of drug-likeness (QED) is 0.265. The maximum absolute atomic E-state index is 12.9. The van der Waals surface area contributed by atoms with E-state index in [1.54, 1.807) is 19.1 Å². The van der Waals surface area contributed by atoms with Crippen LogP contribution in [0.1, 0.15) is 43.0 Å². The fraction of sp³-hybridized carbons (Fsp3) is 0.240. The summed E-state index contributed by atoms with van der Waals surface area (Å²) in [5, 5.41) is 4.19. The molecule has 0 bridgehead atoms. The lowest BCUT2D eigenvalue weighted by atomic mass is 9.94. The number of nitrogens with zero attached hydrogens (tertiary/aromatic N) is 1. The van der Waals surface area contributed by atoms with Gasteiger partial charge in [0.05, 0.1) is 11.3 Å². The van der Waals surface area contributed by atoms with Crippen LogP contribution in [0.25, 0.3) is 11.1 Å². The molecule has 3 aromatic carbocycles. The van der Waals surface area contributed by atoms with E-state index in [0.717, 1.165) is 34.4 Å². The summed E-state index contributed by atoms with van der Waals surface area (Å²) in [4.78, 5) is 5.46. The van der Waals surface area contributed by atoms with Crippen LogP contribution < -0.4 is 5.73 Å². The molecule has 31 heavy (non-hydrogen) atoms. The van der Waals surface area contributed by atoms with Crippen LogP contribution in [0.5, 0.6) is 0 Å². The first kappa shape index (κ1) is 24.0. The third-order valence-electron chi connectivity index (χ3n) is 4.50. The predicted octanol–water partition coefficient (Wildman–Crippen LogP) is 7.23. The predicted molar refractivity (Wildman–Crippen MR) is 121 cm³/mol. The van der Waals surface area contributed by atoms with Crippen molar-refractivity contribution in [3.8, 4) is 11.1 Å². The van der Waals surface area contributed by atoms with Crippen molar-refractivity contribution < 1.29 is 18.0 Å². The highest BCUT2D eigenvalue weighted by atomic mass is 19.4. The maximum Gasteiger partial charge on any atom is 0.416 e. The number of anilines is 1. The molecule has 0 unspecified atom stereocenters. The number of oxime groups is 1. The number of nitrogen functional groups attached to an aromatic ring is 1. The molecule has 3 aromatic rings. The minimum atomic E-state index is -4.36. The molecule has 0 radical (unpaired) electrons. The number of nitrogens with two attached hydrogens (primary N) is 1. The third-order valence-corrected chi connectivity index (χ3v) is 4.50. The van der Waals surface area contributed by atoms with Crippen molar-refractivity contribution in [1.29, 1.82) is 0 Å². The molecule has 0 fully saturated rings. The molecule has 0 aliphatic rings. The number of rotatable bonds is 5. The molecule has 3 rings (SSSR count). The van der Waals surface area contributed by atoms with E-state index in [1.807, 2.05) is 51.1 Å². The average Bonchev–Trinajstić information content (AvgIpc) is 2.76. The highest BCUT2D eigenvalue weighted by Gasteiger charge is 2.30. The molecule has 164 valence electrons. The van der Waals surface area contributed by atoms with Gasteiger partial charge in [-0.2, -0.15) is 13.2 Å². The Morgan fingerprint density at radius 2 is 1.55 bits per heavy atom. The smallest absolute Gasteiger partial charge is 0.399 e. The van der Waals surface area contributed by atoms with Crippen molar-refractivity contribution in [3.63, 3.8) is 0 Å². The lowest BCUT2D eigenvalue weighted by molar-refractivity contribution is -0.137. The fourth-order valence-corrected chi connectivity index (χ4v) is 2.92. The highest BCUT2D eigenvalue weighted by molar-refractivity contribution is 6.04. The zero-order valence-electron chi connectivity index (χ0n) is 18.1. The molecule has 0 aromatic heterocycles. The highest BCUT2D eigenvalue weighted by Crippen LogP contribution is 2.32. The number of alkyl halides is 3. The van der Waals surface area contributed by atoms with Crippen LogP contribution in [0.4, 0.5) is 18.9 Å². The topological polar surface area (TPSA) is 47.6 Å². The largest absolute Gasteiger partial charge is 0.416 e. The summed E-state index contributed by atoms with van der Waals surface area (Å²) in [6, 6.07) is 18.2. The first-order valence-electron chi connectivity index (χ1n) is 10.0. The van der Waals surface area contributed by atoms with Gasteiger partial charge in [0.25, 0.3) is 0 Å². The van der Waals surface area contributed by atoms with Crippen LogP contribution in [0, 0.1) is 6.92 Å². The molecule has 0 heterocycles. The Morgan fingerprint density at radius 1 is 0.935 bits per heavy atom. The second-order valence-corrected chi connectivity index (χ2v) is 6.82. The standard InChI is InChI=1S/C23H21F3N2O.C2H6/c1-15-3-12-21(16(2)28-29-14-17-4-10-20(27)11-5-17)22(13-15)18-6-8-19(9-7-18)23(24,25)26;1-2/h3-13H,14,27H2,1-2H3;1-2H3/b28-16+;. The number of aryl methyl sites for hydroxylation is 1. The Bertz CT molecular complexity index is 1010. The average molecular weight is 428 g/mol. The zero-order chi connectivity index (χ0) is 23.0. The van der Waals surface area contributed by atoms with Crippen LogP contribution in [0.15, 0.2) is 71.9 Å². The first-order chi connectivity index (χ1) is 14.7. The Labute approximate surface area is 181 Å². The van der Waals surface area contributed by atoms with Crippen molar-refractivity contribution in [2.75, 3.05) is 5.73 Å². The van der Waals surface area contributed by atoms with E-state index in [2.05, 4.69) is 5.16 Å². The summed E-state index contributed by atoms with van der Waals surface area (Å²) in [5.41, 5.74) is 10.5. The number of hydrogen-bond acceptors (Lipinski definition) is 3. The van der Waals surface area contributed by atoms with Crippen LogP contribution in [-0.4, -0.2) is 5.71 Å². The van der Waals surface area contributed by atoms with Crippen molar-refractivity contribution in [1.82, 2.24) is 0 Å². The normalized spacial score (nSPS) is 11.5. The van der Waals surface area contributed by atoms with Gasteiger partial charge in [0.15, 0.2) is 0 Å². The molecule has 0 atom stereocenters. The Kier molecular flexibility index (Phi) is 8.25. The molecular weight excluding hydrogens is 401 g/mol. The molecule has 0 aliphatic carbocycles. The van der Waals surface area contributed by atoms with Crippen LogP contribution >= 0.6 is 0 Å². The van der Waals surface area contributed by atoms with Crippen LogP contribution in [0.2, 0.25) is 0 Å². The molecule has 0 saturated carbocycles. The van der Waals surface area contributed by atoms with Crippen molar-refractivity contribution in [3.05, 3.63) is 89.0 Å². The molecule has 0 saturated heterocycles. The number of hydrogen-bond donors (Lipinski definition) is 1. The van der Waals surface area contributed by atoms with Crippen molar-refractivity contribution in [2.45, 2.75) is 40.5 Å². The third kappa shape index (κ3) is 6.60. The summed E-state index contributed by atoms with van der Waals surface area (Å²) >= 11 is 0. The van der Waals surface area contributed by atoms with Crippen LogP contribution in [-0.2, 0) is 17.6 Å². The van der Waals surface area contributed by atoms with Gasteiger partial charge in [0, 0.05) is 11.3 Å². The monoisotopic (exact) mass is 428 g/mol. The molecule has 6 heteroatoms. The number of benzene rings is 3.